The number of anilines is 1. The highest BCUT2D eigenvalue weighted by atomic mass is 19.4. The number of hydrogen-bond acceptors (Lipinski definition) is 5. The molecule has 154 valence electrons. The van der Waals surface area contributed by atoms with Crippen molar-refractivity contribution in [1.82, 2.24) is 0 Å². The maximum atomic E-state index is 13.5. The molecule has 0 radical (unpaired) electrons. The number of fused-ring (bicyclic) bond motifs is 2. The van der Waals surface area contributed by atoms with Crippen LogP contribution >= 0.6 is 0 Å². The highest BCUT2D eigenvalue weighted by Crippen LogP contribution is 2.66. The lowest BCUT2D eigenvalue weighted by Crippen LogP contribution is -2.53. The molecule has 0 aliphatic carbocycles. The largest absolute Gasteiger partial charge is 0.417 e. The van der Waals surface area contributed by atoms with Gasteiger partial charge in [0.05, 0.1) is 41.4 Å². The van der Waals surface area contributed by atoms with Gasteiger partial charge >= 0.3 is 6.18 Å². The molecular formula is C20H19F3N2O4. The second-order valence-electron chi connectivity index (χ2n) is 8.26. The van der Waals surface area contributed by atoms with Gasteiger partial charge in [0.15, 0.2) is 0 Å². The van der Waals surface area contributed by atoms with Crippen LogP contribution in [0.15, 0.2) is 18.2 Å². The van der Waals surface area contributed by atoms with Crippen molar-refractivity contribution < 1.29 is 32.5 Å². The summed E-state index contributed by atoms with van der Waals surface area (Å²) in [6, 6.07) is 4.80. The number of aliphatic hydroxyl groups is 1. The smallest absolute Gasteiger partial charge is 0.390 e. The Morgan fingerprint density at radius 2 is 2.17 bits per heavy atom. The summed E-state index contributed by atoms with van der Waals surface area (Å²) in [6.07, 6.45) is -4.93. The molecule has 9 heteroatoms. The van der Waals surface area contributed by atoms with Crippen LogP contribution in [0, 0.1) is 23.2 Å². The number of carbonyl (C=O) groups excluding carboxylic acids is 1. The molecule has 5 rings (SSSR count). The highest BCUT2D eigenvalue weighted by molar-refractivity contribution is 6.00. The minimum Gasteiger partial charge on any atom is -0.390 e. The molecule has 4 aliphatic heterocycles. The van der Waals surface area contributed by atoms with E-state index in [1.54, 1.807) is 6.07 Å². The molecule has 4 heterocycles. The third-order valence-corrected chi connectivity index (χ3v) is 7.13. The molecular weight excluding hydrogens is 389 g/mol. The Balaban J connectivity index is 1.63. The van der Waals surface area contributed by atoms with Gasteiger partial charge in [0.25, 0.3) is 0 Å². The van der Waals surface area contributed by atoms with E-state index in [2.05, 4.69) is 0 Å². The lowest BCUT2D eigenvalue weighted by molar-refractivity contribution is -0.146. The second-order valence-corrected chi connectivity index (χ2v) is 8.26. The quantitative estimate of drug-likeness (QED) is 0.814. The molecule has 4 saturated heterocycles. The van der Waals surface area contributed by atoms with Crippen molar-refractivity contribution in [3.05, 3.63) is 29.3 Å². The van der Waals surface area contributed by atoms with E-state index in [1.807, 2.05) is 6.92 Å². The number of aliphatic hydroxyl groups excluding tert-OH is 1. The van der Waals surface area contributed by atoms with Gasteiger partial charge in [-0.3, -0.25) is 9.69 Å². The molecule has 29 heavy (non-hydrogen) atoms. The summed E-state index contributed by atoms with van der Waals surface area (Å²) in [7, 11) is 0. The normalized spacial score (nSPS) is 40.3. The predicted octanol–water partition coefficient (Wildman–Crippen LogP) is 2.58. The van der Waals surface area contributed by atoms with Crippen LogP contribution in [0.5, 0.6) is 0 Å². The third-order valence-electron chi connectivity index (χ3n) is 7.13. The van der Waals surface area contributed by atoms with E-state index in [9.17, 15) is 23.1 Å². The van der Waals surface area contributed by atoms with E-state index in [0.29, 0.717) is 19.3 Å². The van der Waals surface area contributed by atoms with Crippen LogP contribution in [0.2, 0.25) is 0 Å². The first-order valence-corrected chi connectivity index (χ1v) is 9.63. The fourth-order valence-corrected chi connectivity index (χ4v) is 5.96. The zero-order chi connectivity index (χ0) is 20.8. The van der Waals surface area contributed by atoms with Gasteiger partial charge < -0.3 is 14.6 Å². The van der Waals surface area contributed by atoms with Gasteiger partial charge in [0, 0.05) is 24.4 Å². The van der Waals surface area contributed by atoms with Crippen molar-refractivity contribution >= 4 is 11.6 Å². The second kappa shape index (κ2) is 5.72. The molecule has 1 aromatic carbocycles. The monoisotopic (exact) mass is 408 g/mol. The summed E-state index contributed by atoms with van der Waals surface area (Å²) in [5.74, 6) is -1.43. The minimum atomic E-state index is -4.72. The summed E-state index contributed by atoms with van der Waals surface area (Å²) in [5.41, 5.74) is -3.29. The van der Waals surface area contributed by atoms with E-state index in [4.69, 9.17) is 14.7 Å². The number of amides is 1. The van der Waals surface area contributed by atoms with Crippen molar-refractivity contribution in [2.24, 2.45) is 11.8 Å². The van der Waals surface area contributed by atoms with E-state index < -0.39 is 52.7 Å². The van der Waals surface area contributed by atoms with Crippen LogP contribution < -0.4 is 4.90 Å². The Bertz CT molecular complexity index is 945. The first kappa shape index (κ1) is 18.9. The molecule has 1 N–H and O–H groups in total. The van der Waals surface area contributed by atoms with Crippen molar-refractivity contribution in [2.75, 3.05) is 11.5 Å². The number of halogens is 3. The van der Waals surface area contributed by atoms with E-state index in [0.717, 1.165) is 12.1 Å². The summed E-state index contributed by atoms with van der Waals surface area (Å²) in [4.78, 5) is 14.7. The first-order valence-electron chi connectivity index (χ1n) is 9.63. The van der Waals surface area contributed by atoms with Gasteiger partial charge in [-0.25, -0.2) is 0 Å². The molecule has 0 unspecified atom stereocenters. The van der Waals surface area contributed by atoms with E-state index in [1.165, 1.54) is 11.0 Å². The number of rotatable bonds is 2. The highest BCUT2D eigenvalue weighted by Gasteiger charge is 2.78. The lowest BCUT2D eigenvalue weighted by atomic mass is 9.64. The molecule has 0 saturated carbocycles. The standard InChI is InChI=1S/C20H19F3N2O4/c1-2-19-13(26)8-18(29-19)5-6-28-17-15(18)14(19)16(27)25(17)11-4-3-10(9-24)12(7-11)20(21,22)23/h3-4,7,13-15,17,26H,2,5-6,8H2,1H3/t13-,14-,15+,17+,18+,19-/m1/s1. The molecule has 1 aromatic rings. The van der Waals surface area contributed by atoms with Crippen molar-refractivity contribution in [2.45, 2.75) is 55.9 Å². The number of ether oxygens (including phenoxy) is 2. The van der Waals surface area contributed by atoms with Crippen LogP contribution in [0.3, 0.4) is 0 Å². The molecule has 0 aromatic heterocycles. The molecule has 2 bridgehead atoms. The Hall–Kier alpha value is -2.15. The van der Waals surface area contributed by atoms with E-state index >= 15 is 0 Å². The van der Waals surface area contributed by atoms with Gasteiger partial charge in [-0.1, -0.05) is 6.92 Å². The van der Waals surface area contributed by atoms with Gasteiger partial charge in [-0.05, 0) is 24.6 Å². The number of hydrogen-bond donors (Lipinski definition) is 1. The molecule has 4 aliphatic rings. The summed E-state index contributed by atoms with van der Waals surface area (Å²) in [5, 5.41) is 19.7. The number of nitriles is 1. The van der Waals surface area contributed by atoms with Gasteiger partial charge in [0.1, 0.15) is 11.8 Å². The zero-order valence-electron chi connectivity index (χ0n) is 15.6. The molecule has 1 amide bonds. The Labute approximate surface area is 164 Å². The number of nitrogens with zero attached hydrogens (tertiary/aromatic N) is 2. The van der Waals surface area contributed by atoms with Crippen LogP contribution in [0.1, 0.15) is 37.3 Å². The molecule has 6 nitrogen and oxygen atoms in total. The molecule has 1 spiro atoms. The Morgan fingerprint density at radius 1 is 1.41 bits per heavy atom. The third kappa shape index (κ3) is 2.19. The SMILES string of the molecule is CC[C@]12O[C@@]3(CCO[C@H]4[C@@H]3[C@@H]1C(=O)N4c1ccc(C#N)c(C(F)(F)F)c1)C[C@H]2O. The maximum absolute atomic E-state index is 13.5. The van der Waals surface area contributed by atoms with Gasteiger partial charge in [-0.15, -0.1) is 0 Å². The van der Waals surface area contributed by atoms with Crippen LogP contribution in [0.4, 0.5) is 18.9 Å². The Morgan fingerprint density at radius 3 is 2.83 bits per heavy atom. The zero-order valence-corrected chi connectivity index (χ0v) is 15.6. The average Bonchev–Trinajstić information content (AvgIpc) is 3.26. The minimum absolute atomic E-state index is 0.0397. The fourth-order valence-electron chi connectivity index (χ4n) is 5.96. The number of alkyl halides is 3. The fraction of sp³-hybridized carbons (Fsp3) is 0.600. The summed E-state index contributed by atoms with van der Waals surface area (Å²) < 4.78 is 52.5. The van der Waals surface area contributed by atoms with Gasteiger partial charge in [-0.2, -0.15) is 18.4 Å². The van der Waals surface area contributed by atoms with E-state index in [-0.39, 0.29) is 18.2 Å². The first-order chi connectivity index (χ1) is 13.7. The average molecular weight is 408 g/mol. The van der Waals surface area contributed by atoms with Crippen molar-refractivity contribution in [3.63, 3.8) is 0 Å². The summed E-state index contributed by atoms with van der Waals surface area (Å²) >= 11 is 0. The van der Waals surface area contributed by atoms with Gasteiger partial charge in [0.2, 0.25) is 5.91 Å². The number of benzene rings is 1. The van der Waals surface area contributed by atoms with Crippen molar-refractivity contribution in [1.29, 1.82) is 5.26 Å². The Kier molecular flexibility index (Phi) is 3.72. The summed E-state index contributed by atoms with van der Waals surface area (Å²) in [6.45, 7) is 2.13. The molecule has 6 atom stereocenters. The van der Waals surface area contributed by atoms with Crippen LogP contribution in [-0.4, -0.2) is 41.2 Å². The van der Waals surface area contributed by atoms with Crippen LogP contribution in [-0.2, 0) is 20.4 Å². The lowest BCUT2D eigenvalue weighted by Gasteiger charge is -2.42. The maximum Gasteiger partial charge on any atom is 0.417 e. The molecule has 4 fully saturated rings. The van der Waals surface area contributed by atoms with Crippen molar-refractivity contribution in [3.8, 4) is 6.07 Å². The van der Waals surface area contributed by atoms with Crippen LogP contribution in [0.25, 0.3) is 0 Å². The predicted molar refractivity (Wildman–Crippen MR) is 92.4 cm³/mol. The topological polar surface area (TPSA) is 82.8 Å². The number of carbonyl (C=O) groups is 1.